The third kappa shape index (κ3) is 29.3. The third-order valence-electron chi connectivity index (χ3n) is 22.0. The molecule has 126 heavy (non-hydrogen) atoms. The molecule has 1 N–H and O–H groups in total. The van der Waals surface area contributed by atoms with Gasteiger partial charge in [0.05, 0.1) is 82.3 Å². The van der Waals surface area contributed by atoms with Gasteiger partial charge in [-0.2, -0.15) is 52.7 Å². The number of rotatable bonds is 23. The number of hydrogen-bond donors (Lipinski definition) is 1. The third-order valence-corrected chi connectivity index (χ3v) is 26.0. The summed E-state index contributed by atoms with van der Waals surface area (Å²) in [5, 5.41) is 6.54. The molecule has 0 spiro atoms. The minimum absolute atomic E-state index is 0. The molecule has 14 rings (SSSR count). The van der Waals surface area contributed by atoms with E-state index in [9.17, 15) is 61.5 Å². The number of alkyl halides is 12. The zero-order valence-corrected chi connectivity index (χ0v) is 75.2. The molecule has 4 fully saturated rings. The van der Waals surface area contributed by atoms with Crippen LogP contribution in [-0.4, -0.2) is 119 Å². The molecule has 2 saturated heterocycles. The van der Waals surface area contributed by atoms with Gasteiger partial charge in [-0.1, -0.05) is 170 Å². The number of hydrogen-bond acceptors (Lipinski definition) is 14. The van der Waals surface area contributed by atoms with E-state index in [2.05, 4.69) is 161 Å². The van der Waals surface area contributed by atoms with E-state index < -0.39 is 58.6 Å². The fourth-order valence-corrected chi connectivity index (χ4v) is 20.7. The van der Waals surface area contributed by atoms with Crippen LogP contribution in [0.15, 0.2) is 169 Å². The van der Waals surface area contributed by atoms with Gasteiger partial charge >= 0.3 is 24.7 Å². The second kappa shape index (κ2) is 45.9. The predicted molar refractivity (Wildman–Crippen MR) is 484 cm³/mol. The molecule has 2 aliphatic heterocycles. The molecule has 4 aromatic heterocycles. The molecule has 0 atom stereocenters. The molecule has 14 nitrogen and oxygen atoms in total. The summed E-state index contributed by atoms with van der Waals surface area (Å²) in [5.74, 6) is 1.35. The Morgan fingerprint density at radius 2 is 0.849 bits per heavy atom. The van der Waals surface area contributed by atoms with E-state index >= 15 is 0 Å². The van der Waals surface area contributed by atoms with Crippen molar-refractivity contribution in [3.63, 3.8) is 0 Å². The van der Waals surface area contributed by atoms with E-state index in [1.165, 1.54) is 77.3 Å². The van der Waals surface area contributed by atoms with Gasteiger partial charge in [-0.05, 0) is 178 Å². The van der Waals surface area contributed by atoms with Crippen LogP contribution in [0.5, 0.6) is 0 Å². The van der Waals surface area contributed by atoms with Crippen LogP contribution in [0.25, 0.3) is 32.9 Å². The Bertz CT molecular complexity index is 4940. The highest BCUT2D eigenvalue weighted by Gasteiger charge is 2.41. The van der Waals surface area contributed by atoms with Crippen molar-refractivity contribution in [2.24, 2.45) is 11.8 Å². The van der Waals surface area contributed by atoms with Crippen molar-refractivity contribution in [3.8, 4) is 11.1 Å². The van der Waals surface area contributed by atoms with Gasteiger partial charge in [-0.25, -0.2) is 38.7 Å². The first-order chi connectivity index (χ1) is 59.3. The van der Waals surface area contributed by atoms with E-state index in [1.807, 2.05) is 30.9 Å². The van der Waals surface area contributed by atoms with Crippen LogP contribution in [0.4, 0.5) is 90.7 Å². The van der Waals surface area contributed by atoms with Gasteiger partial charge in [-0.3, -0.25) is 0 Å². The lowest BCUT2D eigenvalue weighted by atomic mass is 10.0. The number of nitrogens with zero attached hydrogens (tertiary/aromatic N) is 11. The van der Waals surface area contributed by atoms with Gasteiger partial charge in [0, 0.05) is 125 Å². The number of pyridine rings is 2. The number of benzene rings is 6. The summed E-state index contributed by atoms with van der Waals surface area (Å²) in [6.45, 7) is 30.7. The van der Waals surface area contributed by atoms with Crippen LogP contribution in [0.1, 0.15) is 192 Å². The quantitative estimate of drug-likeness (QED) is 0.0482. The van der Waals surface area contributed by atoms with Gasteiger partial charge < -0.3 is 39.3 Å². The van der Waals surface area contributed by atoms with Gasteiger partial charge in [-0.15, -0.1) is 0 Å². The van der Waals surface area contributed by atoms with Crippen LogP contribution in [-0.2, 0) is 60.4 Å². The van der Waals surface area contributed by atoms with Crippen LogP contribution >= 0.6 is 23.9 Å². The van der Waals surface area contributed by atoms with Crippen molar-refractivity contribution >= 4 is 80.2 Å². The number of nitrogens with one attached hydrogen (secondary N) is 1. The second-order valence-electron chi connectivity index (χ2n) is 33.9. The topological polar surface area (TPSA) is 124 Å². The summed E-state index contributed by atoms with van der Waals surface area (Å²) in [4.78, 5) is 36.7. The summed E-state index contributed by atoms with van der Waals surface area (Å²) < 4.78 is 204. The predicted octanol–water partition coefficient (Wildman–Crippen LogP) is 25.9. The fourth-order valence-electron chi connectivity index (χ4n) is 16.4. The maximum absolute atomic E-state index is 14.3. The standard InChI is InChI=1S/C35H37F7N6O.C31H29BrF7N5.C20H27P.C5H12.C4H9NO.CH4/c1-2-46(20-23-5-3-4-6-23)32-26(15-25-7-8-29(36)17-31(25)45-32)22-48(33-43-18-30(19-44-33)47-9-11-49-12-10-47)21-24-13-27(34(37,38)39)16-28(14-24)35(40,41)42;1-2-43(16-19-5-3-4-6-19)28-22(11-21-7-8-26(33)13-27(21)42-28)18-44(29-40-14-25(32)15-41-29)17-20-9-23(30(34,35)36)12-24(10-20)31(37,38)39;1-19(2,3)21(20(4,5)6)18-15-11-10-14-17(18)16-12-8-7-9-13-16;1-3-5-4-2;1-3-6-4-2-5-1;/h7-8,13-19,23H,2-6,9-12,20-22H2,1H3;7-15,19H,2-6,16-18H2,1H3;7-15H,1-6H3;3-5H2,1-2H3;5H,1-4H2;1H4. The summed E-state index contributed by atoms with van der Waals surface area (Å²) >= 11 is 3.26. The van der Waals surface area contributed by atoms with E-state index in [-0.39, 0.29) is 76.7 Å². The molecule has 2 aliphatic carbocycles. The normalized spacial score (nSPS) is 14.9. The lowest BCUT2D eigenvalue weighted by molar-refractivity contribution is -0.144. The molecule has 6 aromatic carbocycles. The van der Waals surface area contributed by atoms with Gasteiger partial charge in [0.25, 0.3) is 0 Å². The highest BCUT2D eigenvalue weighted by Crippen LogP contribution is 2.59. The first kappa shape index (κ1) is 101. The number of halogens is 15. The summed E-state index contributed by atoms with van der Waals surface area (Å²) in [6.07, 6.45) is -0.981. The number of ether oxygens (including phenoxy) is 2. The van der Waals surface area contributed by atoms with Crippen molar-refractivity contribution < 1.29 is 70.9 Å². The Morgan fingerprint density at radius 3 is 1.21 bits per heavy atom. The zero-order chi connectivity index (χ0) is 90.4. The Hall–Kier alpha value is -8.89. The number of unbranched alkanes of at least 4 members (excludes halogenated alkanes) is 2. The highest BCUT2D eigenvalue weighted by molar-refractivity contribution is 9.10. The van der Waals surface area contributed by atoms with E-state index in [0.717, 1.165) is 89.8 Å². The number of morpholine rings is 2. The van der Waals surface area contributed by atoms with Crippen LogP contribution in [0.2, 0.25) is 0 Å². The average molecular weight is 1850 g/mol. The average Bonchev–Trinajstić information content (AvgIpc) is 0.891. The molecule has 684 valence electrons. The van der Waals surface area contributed by atoms with Crippen LogP contribution in [0, 0.1) is 23.5 Å². The maximum atomic E-state index is 14.3. The van der Waals surface area contributed by atoms with Crippen molar-refractivity contribution in [1.82, 2.24) is 35.2 Å². The highest BCUT2D eigenvalue weighted by atomic mass is 79.9. The lowest BCUT2D eigenvalue weighted by Gasteiger charge is -2.42. The van der Waals surface area contributed by atoms with Gasteiger partial charge in [0.15, 0.2) is 0 Å². The minimum atomic E-state index is -5.00. The molecule has 0 amide bonds. The van der Waals surface area contributed by atoms with Crippen molar-refractivity contribution in [3.05, 3.63) is 225 Å². The molecule has 0 unspecified atom stereocenters. The minimum Gasteiger partial charge on any atom is -0.379 e. The molecule has 30 heteroatoms. The summed E-state index contributed by atoms with van der Waals surface area (Å²) in [6, 6.07) is 35.0. The second-order valence-corrected chi connectivity index (χ2v) is 38.6. The molecule has 4 aliphatic rings. The largest absolute Gasteiger partial charge is 0.416 e. The lowest BCUT2D eigenvalue weighted by Crippen LogP contribution is -2.36. The summed E-state index contributed by atoms with van der Waals surface area (Å²) in [5.41, 5.74) is -0.395. The Labute approximate surface area is 742 Å². The zero-order valence-electron chi connectivity index (χ0n) is 72.7. The number of anilines is 5. The number of aromatic nitrogens is 6. The fraction of sp³-hybridized carbons (Fsp3) is 0.479. The Balaban J connectivity index is 0.000000212. The van der Waals surface area contributed by atoms with E-state index in [4.69, 9.17) is 19.4 Å². The Morgan fingerprint density at radius 1 is 0.460 bits per heavy atom. The van der Waals surface area contributed by atoms with Crippen molar-refractivity contribution in [1.29, 1.82) is 0 Å². The van der Waals surface area contributed by atoms with Crippen LogP contribution < -0.4 is 35.1 Å². The monoisotopic (exact) mass is 1850 g/mol. The van der Waals surface area contributed by atoms with E-state index in [0.29, 0.717) is 141 Å². The first-order valence-corrected chi connectivity index (χ1v) is 45.0. The van der Waals surface area contributed by atoms with Crippen molar-refractivity contribution in [2.75, 3.05) is 103 Å². The molecule has 6 heterocycles. The number of fused-ring (bicyclic) bond motifs is 2. The smallest absolute Gasteiger partial charge is 0.379 e. The van der Waals surface area contributed by atoms with Gasteiger partial charge in [0.2, 0.25) is 11.9 Å². The molecule has 0 bridgehead atoms. The summed E-state index contributed by atoms with van der Waals surface area (Å²) in [7, 11) is -0.282. The van der Waals surface area contributed by atoms with E-state index in [1.54, 1.807) is 29.4 Å². The Kier molecular flexibility index (Phi) is 36.7. The maximum Gasteiger partial charge on any atom is 0.416 e. The van der Waals surface area contributed by atoms with Crippen molar-refractivity contribution in [2.45, 2.75) is 208 Å². The molecular formula is C96H118BrF14N12O2P. The molecule has 10 aromatic rings. The SMILES string of the molecule is C.C1COCCN1.CC(C)(C)P(c1ccccc1-c1ccccc1)C(C)(C)C.CCCCC.CCN(CC1CCCC1)c1nc2cc(F)ccc2cc1CN(Cc1cc(C(F)(F)F)cc(C(F)(F)F)c1)c1ncc(Br)cn1.CCN(CC1CCCC1)c1nc2cc(F)ccc2cc1CN(Cc1cc(C(F)(F)F)cc(C(F)(F)F)c1)c1ncc(N2CCOCC2)cn1. The first-order valence-electron chi connectivity index (χ1n) is 42.9. The molecular weight excluding hydrogens is 1730 g/mol. The molecule has 2 saturated carbocycles. The molecule has 0 radical (unpaired) electrons. The van der Waals surface area contributed by atoms with Gasteiger partial charge in [0.1, 0.15) is 23.3 Å². The van der Waals surface area contributed by atoms with Crippen LogP contribution in [0.3, 0.4) is 0 Å².